The standard InChI is InChI=1S/C18H17N7O2/c1-10-3-4-13-12(7-10)23-17(27-13)15-14-11(19-8-20-14)5-6-25(15)18(26)16-21-9-22-24(16)2/h3-4,7-9,15H,5-6H2,1-2H3,(H,19,20)/t15-/m0/s1. The van der Waals surface area contributed by atoms with Gasteiger partial charge in [0.25, 0.3) is 5.91 Å². The zero-order valence-corrected chi connectivity index (χ0v) is 14.9. The van der Waals surface area contributed by atoms with Crippen LogP contribution in [0.2, 0.25) is 0 Å². The highest BCUT2D eigenvalue weighted by molar-refractivity contribution is 5.91. The highest BCUT2D eigenvalue weighted by atomic mass is 16.4. The van der Waals surface area contributed by atoms with Crippen LogP contribution in [0.25, 0.3) is 11.1 Å². The molecule has 1 aromatic carbocycles. The maximum atomic E-state index is 13.2. The number of amides is 1. The van der Waals surface area contributed by atoms with Crippen molar-refractivity contribution in [2.75, 3.05) is 6.54 Å². The number of aryl methyl sites for hydroxylation is 2. The first-order chi connectivity index (χ1) is 13.1. The van der Waals surface area contributed by atoms with Gasteiger partial charge < -0.3 is 14.3 Å². The van der Waals surface area contributed by atoms with Crippen molar-refractivity contribution in [2.24, 2.45) is 7.05 Å². The maximum absolute atomic E-state index is 13.2. The summed E-state index contributed by atoms with van der Waals surface area (Å²) in [7, 11) is 1.70. The van der Waals surface area contributed by atoms with E-state index in [1.807, 2.05) is 25.1 Å². The van der Waals surface area contributed by atoms with Gasteiger partial charge in [0, 0.05) is 25.7 Å². The Labute approximate surface area is 154 Å². The van der Waals surface area contributed by atoms with Gasteiger partial charge in [-0.1, -0.05) is 6.07 Å². The summed E-state index contributed by atoms with van der Waals surface area (Å²) in [6.07, 6.45) is 3.68. The number of H-pyrrole nitrogens is 1. The number of carbonyl (C=O) groups is 1. The van der Waals surface area contributed by atoms with Crippen molar-refractivity contribution in [3.8, 4) is 0 Å². The quantitative estimate of drug-likeness (QED) is 0.582. The summed E-state index contributed by atoms with van der Waals surface area (Å²) in [5.41, 5.74) is 4.28. The SMILES string of the molecule is Cc1ccc2oc([C@@H]3c4nc[nH]c4CCN3C(=O)c3ncnn3C)nc2c1. The van der Waals surface area contributed by atoms with Crippen molar-refractivity contribution in [3.05, 3.63) is 59.5 Å². The Morgan fingerprint density at radius 3 is 3.04 bits per heavy atom. The molecule has 0 saturated heterocycles. The molecular weight excluding hydrogens is 346 g/mol. The largest absolute Gasteiger partial charge is 0.438 e. The summed E-state index contributed by atoms with van der Waals surface area (Å²) < 4.78 is 7.48. The van der Waals surface area contributed by atoms with Crippen LogP contribution in [0.15, 0.2) is 35.3 Å². The zero-order chi connectivity index (χ0) is 18.5. The number of rotatable bonds is 2. The second kappa shape index (κ2) is 5.76. The van der Waals surface area contributed by atoms with Crippen LogP contribution in [0.4, 0.5) is 0 Å². The van der Waals surface area contributed by atoms with E-state index in [1.54, 1.807) is 18.3 Å². The first-order valence-electron chi connectivity index (χ1n) is 8.66. The molecule has 9 nitrogen and oxygen atoms in total. The number of aromatic nitrogens is 6. The van der Waals surface area contributed by atoms with E-state index >= 15 is 0 Å². The van der Waals surface area contributed by atoms with Gasteiger partial charge in [0.15, 0.2) is 11.6 Å². The first kappa shape index (κ1) is 15.7. The molecule has 1 atom stereocenters. The van der Waals surface area contributed by atoms with E-state index in [2.05, 4.69) is 25.0 Å². The minimum atomic E-state index is -0.517. The molecule has 0 aliphatic carbocycles. The number of fused-ring (bicyclic) bond motifs is 2. The topological polar surface area (TPSA) is 106 Å². The van der Waals surface area contributed by atoms with E-state index in [1.165, 1.54) is 11.0 Å². The minimum absolute atomic E-state index is 0.230. The highest BCUT2D eigenvalue weighted by Gasteiger charge is 2.39. The van der Waals surface area contributed by atoms with Gasteiger partial charge in [-0.2, -0.15) is 5.10 Å². The lowest BCUT2D eigenvalue weighted by atomic mass is 10.0. The van der Waals surface area contributed by atoms with E-state index in [-0.39, 0.29) is 11.7 Å². The van der Waals surface area contributed by atoms with Crippen LogP contribution in [0.5, 0.6) is 0 Å². The average Bonchev–Trinajstić information content (AvgIpc) is 3.38. The zero-order valence-electron chi connectivity index (χ0n) is 14.9. The number of hydrogen-bond acceptors (Lipinski definition) is 6. The van der Waals surface area contributed by atoms with E-state index in [4.69, 9.17) is 4.42 Å². The number of benzene rings is 1. The van der Waals surface area contributed by atoms with E-state index in [0.717, 1.165) is 22.5 Å². The number of hydrogen-bond donors (Lipinski definition) is 1. The van der Waals surface area contributed by atoms with Crippen LogP contribution < -0.4 is 0 Å². The molecule has 0 saturated carbocycles. The number of carbonyl (C=O) groups excluding carboxylic acids is 1. The van der Waals surface area contributed by atoms with Gasteiger partial charge in [0.2, 0.25) is 11.7 Å². The molecule has 9 heteroatoms. The van der Waals surface area contributed by atoms with Crippen molar-refractivity contribution in [2.45, 2.75) is 19.4 Å². The molecule has 0 radical (unpaired) electrons. The van der Waals surface area contributed by atoms with Gasteiger partial charge in [0.1, 0.15) is 11.8 Å². The van der Waals surface area contributed by atoms with Crippen LogP contribution in [0.1, 0.15) is 39.5 Å². The highest BCUT2D eigenvalue weighted by Crippen LogP contribution is 2.35. The number of nitrogens with zero attached hydrogens (tertiary/aromatic N) is 6. The lowest BCUT2D eigenvalue weighted by Crippen LogP contribution is -2.42. The smallest absolute Gasteiger partial charge is 0.292 e. The van der Waals surface area contributed by atoms with Gasteiger partial charge in [-0.15, -0.1) is 0 Å². The molecule has 4 aromatic rings. The normalized spacial score (nSPS) is 16.7. The van der Waals surface area contributed by atoms with Crippen LogP contribution >= 0.6 is 0 Å². The predicted molar refractivity (Wildman–Crippen MR) is 94.9 cm³/mol. The van der Waals surface area contributed by atoms with E-state index < -0.39 is 6.04 Å². The Kier molecular flexibility index (Phi) is 3.36. The van der Waals surface area contributed by atoms with E-state index in [0.29, 0.717) is 24.4 Å². The molecule has 3 aromatic heterocycles. The van der Waals surface area contributed by atoms with Crippen LogP contribution in [-0.4, -0.2) is 47.1 Å². The Bertz CT molecular complexity index is 1160. The fourth-order valence-electron chi connectivity index (χ4n) is 3.54. The molecule has 0 fully saturated rings. The van der Waals surface area contributed by atoms with E-state index in [9.17, 15) is 4.79 Å². The Morgan fingerprint density at radius 1 is 1.33 bits per heavy atom. The lowest BCUT2D eigenvalue weighted by Gasteiger charge is -2.32. The summed E-state index contributed by atoms with van der Waals surface area (Å²) in [5, 5.41) is 4.01. The van der Waals surface area contributed by atoms with Crippen molar-refractivity contribution in [3.63, 3.8) is 0 Å². The molecule has 27 heavy (non-hydrogen) atoms. The summed E-state index contributed by atoms with van der Waals surface area (Å²) >= 11 is 0. The number of aromatic amines is 1. The second-order valence-corrected chi connectivity index (χ2v) is 6.65. The number of nitrogens with one attached hydrogen (secondary N) is 1. The molecule has 1 aliphatic heterocycles. The fraction of sp³-hybridized carbons (Fsp3) is 0.278. The number of oxazole rings is 1. The molecule has 136 valence electrons. The van der Waals surface area contributed by atoms with Gasteiger partial charge in [-0.3, -0.25) is 4.79 Å². The summed E-state index contributed by atoms with van der Waals surface area (Å²) in [5.74, 6) is 0.484. The van der Waals surface area contributed by atoms with Crippen molar-refractivity contribution >= 4 is 17.0 Å². The van der Waals surface area contributed by atoms with Crippen LogP contribution in [0, 0.1) is 6.92 Å². The molecule has 4 heterocycles. The summed E-state index contributed by atoms with van der Waals surface area (Å²) in [6, 6.07) is 5.31. The Hall–Kier alpha value is -3.49. The Balaban J connectivity index is 1.64. The third kappa shape index (κ3) is 2.42. The average molecular weight is 363 g/mol. The van der Waals surface area contributed by atoms with Gasteiger partial charge in [-0.05, 0) is 24.6 Å². The van der Waals surface area contributed by atoms with Crippen molar-refractivity contribution in [1.82, 2.24) is 34.6 Å². The molecular formula is C18H17N7O2. The third-order valence-electron chi connectivity index (χ3n) is 4.88. The second-order valence-electron chi connectivity index (χ2n) is 6.65. The third-order valence-corrected chi connectivity index (χ3v) is 4.88. The van der Waals surface area contributed by atoms with Gasteiger partial charge in [-0.25, -0.2) is 19.6 Å². The van der Waals surface area contributed by atoms with Crippen molar-refractivity contribution < 1.29 is 9.21 Å². The summed E-state index contributed by atoms with van der Waals surface area (Å²) in [6.45, 7) is 2.51. The maximum Gasteiger partial charge on any atom is 0.292 e. The summed E-state index contributed by atoms with van der Waals surface area (Å²) in [4.78, 5) is 31.2. The monoisotopic (exact) mass is 363 g/mol. The molecule has 1 aliphatic rings. The lowest BCUT2D eigenvalue weighted by molar-refractivity contribution is 0.0650. The molecule has 0 bridgehead atoms. The molecule has 1 amide bonds. The van der Waals surface area contributed by atoms with Crippen LogP contribution in [-0.2, 0) is 13.5 Å². The molecule has 5 rings (SSSR count). The Morgan fingerprint density at radius 2 is 2.22 bits per heavy atom. The predicted octanol–water partition coefficient (Wildman–Crippen LogP) is 1.78. The fourth-order valence-corrected chi connectivity index (χ4v) is 3.54. The first-order valence-corrected chi connectivity index (χ1v) is 8.66. The van der Waals surface area contributed by atoms with Gasteiger partial charge in [0.05, 0.1) is 12.0 Å². The van der Waals surface area contributed by atoms with Crippen LogP contribution in [0.3, 0.4) is 0 Å². The minimum Gasteiger partial charge on any atom is -0.438 e. The van der Waals surface area contributed by atoms with Gasteiger partial charge >= 0.3 is 0 Å². The van der Waals surface area contributed by atoms with Crippen molar-refractivity contribution in [1.29, 1.82) is 0 Å². The molecule has 0 spiro atoms. The molecule has 1 N–H and O–H groups in total. The molecule has 0 unspecified atom stereocenters. The number of imidazole rings is 1.